The summed E-state index contributed by atoms with van der Waals surface area (Å²) in [4.78, 5) is 28.1. The Bertz CT molecular complexity index is 518. The molecule has 1 atom stereocenters. The second-order valence-corrected chi connectivity index (χ2v) is 4.52. The van der Waals surface area contributed by atoms with Crippen LogP contribution in [-0.2, 0) is 4.74 Å². The lowest BCUT2D eigenvalue weighted by molar-refractivity contribution is -0.385. The number of carbonyl (C=O) groups is 1. The van der Waals surface area contributed by atoms with E-state index in [1.807, 2.05) is 6.92 Å². The molecule has 1 saturated heterocycles. The minimum Gasteiger partial charge on any atom is -0.375 e. The van der Waals surface area contributed by atoms with Crippen LogP contribution in [0.2, 0.25) is 0 Å². The Kier molecular flexibility index (Phi) is 3.75. The average molecular weight is 265 g/mol. The summed E-state index contributed by atoms with van der Waals surface area (Å²) in [5.74, 6) is -0.233. The molecule has 19 heavy (non-hydrogen) atoms. The number of pyridine rings is 1. The number of ether oxygens (including phenoxy) is 1. The summed E-state index contributed by atoms with van der Waals surface area (Å²) in [6.07, 6.45) is 1.14. The van der Waals surface area contributed by atoms with E-state index in [2.05, 4.69) is 4.98 Å². The highest BCUT2D eigenvalue weighted by molar-refractivity contribution is 5.95. The number of nitro groups is 1. The third kappa shape index (κ3) is 2.87. The predicted octanol–water partition coefficient (Wildman–Crippen LogP) is 1.16. The molecule has 2 heterocycles. The number of morpholine rings is 1. The highest BCUT2D eigenvalue weighted by Crippen LogP contribution is 2.18. The van der Waals surface area contributed by atoms with Gasteiger partial charge in [-0.05, 0) is 13.8 Å². The standard InChI is InChI=1S/C12H15N3O4/c1-8-7-14(3-4-19-8)12(16)11-5-10(15(17)18)6-13-9(11)2/h5-6,8H,3-4,7H2,1-2H3. The summed E-state index contributed by atoms with van der Waals surface area (Å²) >= 11 is 0. The molecule has 0 N–H and O–H groups in total. The summed E-state index contributed by atoms with van der Waals surface area (Å²) in [6, 6.07) is 1.28. The van der Waals surface area contributed by atoms with Crippen molar-refractivity contribution < 1.29 is 14.5 Å². The quantitative estimate of drug-likeness (QED) is 0.591. The van der Waals surface area contributed by atoms with Gasteiger partial charge >= 0.3 is 0 Å². The van der Waals surface area contributed by atoms with Gasteiger partial charge in [0.2, 0.25) is 0 Å². The van der Waals surface area contributed by atoms with Crippen LogP contribution in [0.15, 0.2) is 12.3 Å². The average Bonchev–Trinajstić information content (AvgIpc) is 2.38. The van der Waals surface area contributed by atoms with Crippen LogP contribution in [0.4, 0.5) is 5.69 Å². The fourth-order valence-electron chi connectivity index (χ4n) is 2.01. The summed E-state index contributed by atoms with van der Waals surface area (Å²) in [7, 11) is 0. The Hall–Kier alpha value is -2.02. The van der Waals surface area contributed by atoms with E-state index in [1.54, 1.807) is 11.8 Å². The summed E-state index contributed by atoms with van der Waals surface area (Å²) in [5.41, 5.74) is 0.605. The molecule has 0 aromatic carbocycles. The molecule has 102 valence electrons. The van der Waals surface area contributed by atoms with Crippen molar-refractivity contribution in [3.8, 4) is 0 Å². The molecule has 0 bridgehead atoms. The molecule has 2 rings (SSSR count). The van der Waals surface area contributed by atoms with Crippen molar-refractivity contribution in [3.63, 3.8) is 0 Å². The number of carbonyl (C=O) groups excluding carboxylic acids is 1. The topological polar surface area (TPSA) is 85.6 Å². The molecule has 1 aromatic heterocycles. The van der Waals surface area contributed by atoms with Gasteiger partial charge in [-0.25, -0.2) is 0 Å². The van der Waals surface area contributed by atoms with E-state index in [-0.39, 0.29) is 23.3 Å². The molecule has 0 saturated carbocycles. The van der Waals surface area contributed by atoms with Gasteiger partial charge < -0.3 is 9.64 Å². The van der Waals surface area contributed by atoms with Crippen LogP contribution in [0.1, 0.15) is 23.0 Å². The van der Waals surface area contributed by atoms with Crippen molar-refractivity contribution in [2.75, 3.05) is 19.7 Å². The Labute approximate surface area is 110 Å². The second-order valence-electron chi connectivity index (χ2n) is 4.52. The first-order valence-electron chi connectivity index (χ1n) is 6.01. The third-order valence-electron chi connectivity index (χ3n) is 3.04. The van der Waals surface area contributed by atoms with E-state index in [9.17, 15) is 14.9 Å². The Morgan fingerprint density at radius 2 is 2.37 bits per heavy atom. The fourth-order valence-corrected chi connectivity index (χ4v) is 2.01. The van der Waals surface area contributed by atoms with Crippen molar-refractivity contribution in [2.45, 2.75) is 20.0 Å². The van der Waals surface area contributed by atoms with Crippen molar-refractivity contribution >= 4 is 11.6 Å². The number of aryl methyl sites for hydroxylation is 1. The van der Waals surface area contributed by atoms with Crippen LogP contribution in [-0.4, -0.2) is 46.5 Å². The lowest BCUT2D eigenvalue weighted by Crippen LogP contribution is -2.44. The van der Waals surface area contributed by atoms with E-state index in [0.717, 1.165) is 6.20 Å². The SMILES string of the molecule is Cc1ncc([N+](=O)[O-])cc1C(=O)N1CCOC(C)C1. The number of aromatic nitrogens is 1. The normalized spacial score (nSPS) is 19.3. The van der Waals surface area contributed by atoms with Gasteiger partial charge in [0.25, 0.3) is 11.6 Å². The molecular weight excluding hydrogens is 250 g/mol. The van der Waals surface area contributed by atoms with Crippen molar-refractivity contribution in [2.24, 2.45) is 0 Å². The van der Waals surface area contributed by atoms with Crippen LogP contribution in [0, 0.1) is 17.0 Å². The maximum atomic E-state index is 12.3. The Balaban J connectivity index is 2.27. The molecule has 7 heteroatoms. The highest BCUT2D eigenvalue weighted by atomic mass is 16.6. The van der Waals surface area contributed by atoms with Gasteiger partial charge in [0.05, 0.1) is 28.9 Å². The van der Waals surface area contributed by atoms with Gasteiger partial charge in [-0.2, -0.15) is 0 Å². The van der Waals surface area contributed by atoms with Crippen LogP contribution in [0.25, 0.3) is 0 Å². The maximum Gasteiger partial charge on any atom is 0.288 e. The molecule has 1 aliphatic rings. The minimum absolute atomic E-state index is 0.0235. The van der Waals surface area contributed by atoms with Crippen LogP contribution < -0.4 is 0 Å². The van der Waals surface area contributed by atoms with Gasteiger partial charge in [-0.1, -0.05) is 0 Å². The predicted molar refractivity (Wildman–Crippen MR) is 66.9 cm³/mol. The molecule has 0 radical (unpaired) electrons. The zero-order chi connectivity index (χ0) is 14.0. The molecule has 0 aliphatic carbocycles. The maximum absolute atomic E-state index is 12.3. The lowest BCUT2D eigenvalue weighted by atomic mass is 10.1. The van der Waals surface area contributed by atoms with Gasteiger partial charge in [-0.15, -0.1) is 0 Å². The molecule has 1 aliphatic heterocycles. The first-order chi connectivity index (χ1) is 8.99. The van der Waals surface area contributed by atoms with Gasteiger partial charge in [0.1, 0.15) is 6.20 Å². The van der Waals surface area contributed by atoms with E-state index in [1.165, 1.54) is 6.07 Å². The van der Waals surface area contributed by atoms with Crippen LogP contribution >= 0.6 is 0 Å². The summed E-state index contributed by atoms with van der Waals surface area (Å²) < 4.78 is 5.37. The Morgan fingerprint density at radius 1 is 1.63 bits per heavy atom. The number of hydrogen-bond donors (Lipinski definition) is 0. The molecule has 0 spiro atoms. The fraction of sp³-hybridized carbons (Fsp3) is 0.500. The van der Waals surface area contributed by atoms with Crippen molar-refractivity contribution in [1.82, 2.24) is 9.88 Å². The molecule has 1 fully saturated rings. The number of hydrogen-bond acceptors (Lipinski definition) is 5. The number of amides is 1. The largest absolute Gasteiger partial charge is 0.375 e. The number of nitrogens with zero attached hydrogens (tertiary/aromatic N) is 3. The van der Waals surface area contributed by atoms with E-state index < -0.39 is 4.92 Å². The van der Waals surface area contributed by atoms with Gasteiger partial charge in [0, 0.05) is 19.2 Å². The van der Waals surface area contributed by atoms with E-state index >= 15 is 0 Å². The molecule has 1 aromatic rings. The zero-order valence-electron chi connectivity index (χ0n) is 10.8. The van der Waals surface area contributed by atoms with Crippen LogP contribution in [0.3, 0.4) is 0 Å². The first kappa shape index (κ1) is 13.4. The Morgan fingerprint density at radius 3 is 3.00 bits per heavy atom. The smallest absolute Gasteiger partial charge is 0.288 e. The first-order valence-corrected chi connectivity index (χ1v) is 6.01. The highest BCUT2D eigenvalue weighted by Gasteiger charge is 2.25. The minimum atomic E-state index is -0.550. The summed E-state index contributed by atoms with van der Waals surface area (Å²) in [6.45, 7) is 5.01. The van der Waals surface area contributed by atoms with Crippen LogP contribution in [0.5, 0.6) is 0 Å². The summed E-state index contributed by atoms with van der Waals surface area (Å²) in [5, 5.41) is 10.7. The van der Waals surface area contributed by atoms with Crippen molar-refractivity contribution in [3.05, 3.63) is 33.6 Å². The monoisotopic (exact) mass is 265 g/mol. The number of rotatable bonds is 2. The second kappa shape index (κ2) is 5.31. The molecular formula is C12H15N3O4. The molecule has 1 amide bonds. The molecule has 1 unspecified atom stereocenters. The zero-order valence-corrected chi connectivity index (χ0v) is 10.8. The van der Waals surface area contributed by atoms with Gasteiger partial charge in [-0.3, -0.25) is 19.9 Å². The third-order valence-corrected chi connectivity index (χ3v) is 3.04. The van der Waals surface area contributed by atoms with Gasteiger partial charge in [0.15, 0.2) is 0 Å². The molecule has 7 nitrogen and oxygen atoms in total. The van der Waals surface area contributed by atoms with E-state index in [0.29, 0.717) is 25.4 Å². The lowest BCUT2D eigenvalue weighted by Gasteiger charge is -2.31. The van der Waals surface area contributed by atoms with E-state index in [4.69, 9.17) is 4.74 Å². The van der Waals surface area contributed by atoms with Crippen molar-refractivity contribution in [1.29, 1.82) is 0 Å².